The molecule has 0 saturated carbocycles. The molecule has 0 saturated heterocycles. The van der Waals surface area contributed by atoms with Gasteiger partial charge in [-0.25, -0.2) is 4.98 Å². The van der Waals surface area contributed by atoms with Crippen LogP contribution in [0.3, 0.4) is 0 Å². The molecule has 0 atom stereocenters. The molecule has 2 aromatic heterocycles. The molecule has 0 spiro atoms. The summed E-state index contributed by atoms with van der Waals surface area (Å²) in [6.07, 6.45) is 3.58. The number of thiazole rings is 1. The van der Waals surface area contributed by atoms with E-state index in [9.17, 15) is 5.11 Å². The van der Waals surface area contributed by atoms with Gasteiger partial charge in [-0.2, -0.15) is 0 Å². The van der Waals surface area contributed by atoms with E-state index in [2.05, 4.69) is 18.8 Å². The molecule has 1 N–H and O–H groups in total. The van der Waals surface area contributed by atoms with Crippen molar-refractivity contribution in [1.29, 1.82) is 0 Å². The van der Waals surface area contributed by atoms with Crippen LogP contribution in [0.2, 0.25) is 0 Å². The van der Waals surface area contributed by atoms with E-state index in [-0.39, 0.29) is 6.61 Å². The van der Waals surface area contributed by atoms with Crippen LogP contribution in [0.4, 0.5) is 0 Å². The largest absolute Gasteiger partial charge is 0.390 e. The van der Waals surface area contributed by atoms with Crippen molar-refractivity contribution in [2.75, 3.05) is 0 Å². The van der Waals surface area contributed by atoms with Gasteiger partial charge >= 0.3 is 0 Å². The van der Waals surface area contributed by atoms with Crippen molar-refractivity contribution in [2.45, 2.75) is 26.4 Å². The second kappa shape index (κ2) is 3.12. The lowest BCUT2D eigenvalue weighted by molar-refractivity contribution is 0.274. The summed E-state index contributed by atoms with van der Waals surface area (Å²) in [4.78, 5) is 6.39. The van der Waals surface area contributed by atoms with E-state index < -0.39 is 0 Å². The van der Waals surface area contributed by atoms with Crippen molar-refractivity contribution < 1.29 is 5.11 Å². The Hall–Kier alpha value is -0.870. The van der Waals surface area contributed by atoms with Gasteiger partial charge in [-0.1, -0.05) is 13.8 Å². The molecule has 0 fully saturated rings. The molecular formula is C9H12N2OS. The minimum absolute atomic E-state index is 0.0872. The molecule has 0 bridgehead atoms. The standard InChI is InChI=1S/C9H12N2OS/c1-6(2)9-7(4-12)11-5-10-3-8(11)13-9/h3,5-6,12H,4H2,1-2H3. The molecule has 0 amide bonds. The maximum absolute atomic E-state index is 9.23. The van der Waals surface area contributed by atoms with E-state index in [4.69, 9.17) is 0 Å². The highest BCUT2D eigenvalue weighted by molar-refractivity contribution is 7.17. The minimum atomic E-state index is 0.0872. The number of nitrogens with zero attached hydrogens (tertiary/aromatic N) is 2. The summed E-state index contributed by atoms with van der Waals surface area (Å²) in [5, 5.41) is 9.23. The van der Waals surface area contributed by atoms with Crippen LogP contribution in [0.15, 0.2) is 12.5 Å². The number of imidazole rings is 1. The van der Waals surface area contributed by atoms with Crippen LogP contribution < -0.4 is 0 Å². The first-order valence-corrected chi connectivity index (χ1v) is 5.10. The lowest BCUT2D eigenvalue weighted by Crippen LogP contribution is -1.95. The first-order chi connectivity index (χ1) is 6.24. The van der Waals surface area contributed by atoms with Gasteiger partial charge in [-0.3, -0.25) is 4.40 Å². The van der Waals surface area contributed by atoms with E-state index in [1.54, 1.807) is 17.7 Å². The summed E-state index contributed by atoms with van der Waals surface area (Å²) >= 11 is 1.70. The van der Waals surface area contributed by atoms with E-state index >= 15 is 0 Å². The number of aliphatic hydroxyl groups is 1. The molecular weight excluding hydrogens is 184 g/mol. The first-order valence-electron chi connectivity index (χ1n) is 4.28. The predicted molar refractivity (Wildman–Crippen MR) is 53.1 cm³/mol. The Balaban J connectivity index is 2.67. The molecule has 0 aromatic carbocycles. The SMILES string of the molecule is CC(C)c1sc2cncn2c1CO. The number of hydrogen-bond donors (Lipinski definition) is 1. The minimum Gasteiger partial charge on any atom is -0.390 e. The second-order valence-electron chi connectivity index (χ2n) is 3.33. The van der Waals surface area contributed by atoms with Crippen molar-refractivity contribution in [2.24, 2.45) is 0 Å². The van der Waals surface area contributed by atoms with Crippen molar-refractivity contribution in [1.82, 2.24) is 9.38 Å². The highest BCUT2D eigenvalue weighted by atomic mass is 32.1. The second-order valence-corrected chi connectivity index (χ2v) is 4.39. The van der Waals surface area contributed by atoms with Crippen LogP contribution >= 0.6 is 11.3 Å². The van der Waals surface area contributed by atoms with Gasteiger partial charge in [0, 0.05) is 4.88 Å². The molecule has 2 heterocycles. The molecule has 70 valence electrons. The Morgan fingerprint density at radius 2 is 2.38 bits per heavy atom. The molecule has 0 unspecified atom stereocenters. The lowest BCUT2D eigenvalue weighted by atomic mass is 10.1. The van der Waals surface area contributed by atoms with Gasteiger partial charge in [0.2, 0.25) is 0 Å². The number of aromatic nitrogens is 2. The quantitative estimate of drug-likeness (QED) is 0.797. The highest BCUT2D eigenvalue weighted by Crippen LogP contribution is 2.29. The Morgan fingerprint density at radius 1 is 1.62 bits per heavy atom. The average Bonchev–Trinajstić information content (AvgIpc) is 2.60. The number of aliphatic hydroxyl groups excluding tert-OH is 1. The molecule has 0 aliphatic rings. The molecule has 2 aromatic rings. The zero-order chi connectivity index (χ0) is 9.42. The van der Waals surface area contributed by atoms with Gasteiger partial charge in [0.05, 0.1) is 18.5 Å². The summed E-state index contributed by atoms with van der Waals surface area (Å²) in [5.74, 6) is 0.465. The summed E-state index contributed by atoms with van der Waals surface area (Å²) < 4.78 is 1.96. The van der Waals surface area contributed by atoms with Crippen molar-refractivity contribution >= 4 is 16.2 Å². The van der Waals surface area contributed by atoms with Crippen LogP contribution in [-0.4, -0.2) is 14.5 Å². The first kappa shape index (κ1) is 8.72. The summed E-state index contributed by atoms with van der Waals surface area (Å²) in [6, 6.07) is 0. The third-order valence-corrected chi connectivity index (χ3v) is 3.51. The topological polar surface area (TPSA) is 37.5 Å². The Kier molecular flexibility index (Phi) is 2.09. The van der Waals surface area contributed by atoms with E-state index in [1.807, 2.05) is 10.6 Å². The fourth-order valence-electron chi connectivity index (χ4n) is 1.46. The number of rotatable bonds is 2. The number of hydrogen-bond acceptors (Lipinski definition) is 3. The maximum Gasteiger partial charge on any atom is 0.120 e. The van der Waals surface area contributed by atoms with E-state index in [1.165, 1.54) is 4.88 Å². The normalized spacial score (nSPS) is 11.7. The smallest absolute Gasteiger partial charge is 0.120 e. The van der Waals surface area contributed by atoms with Gasteiger partial charge in [-0.05, 0) is 5.92 Å². The molecule has 3 nitrogen and oxygen atoms in total. The maximum atomic E-state index is 9.23. The van der Waals surface area contributed by atoms with Crippen LogP contribution in [0.1, 0.15) is 30.3 Å². The molecule has 4 heteroatoms. The molecule has 2 rings (SSSR count). The van der Waals surface area contributed by atoms with Crippen molar-refractivity contribution in [3.63, 3.8) is 0 Å². The van der Waals surface area contributed by atoms with E-state index in [0.29, 0.717) is 5.92 Å². The number of fused-ring (bicyclic) bond motifs is 1. The monoisotopic (exact) mass is 196 g/mol. The Labute approximate surface area is 80.7 Å². The summed E-state index contributed by atoms with van der Waals surface area (Å²) in [5.41, 5.74) is 0.979. The fraction of sp³-hybridized carbons (Fsp3) is 0.444. The van der Waals surface area contributed by atoms with E-state index in [0.717, 1.165) is 10.5 Å². The van der Waals surface area contributed by atoms with Crippen LogP contribution in [-0.2, 0) is 6.61 Å². The van der Waals surface area contributed by atoms with Gasteiger partial charge in [-0.15, -0.1) is 11.3 Å². The molecule has 0 aliphatic heterocycles. The van der Waals surface area contributed by atoms with Gasteiger partial charge in [0.1, 0.15) is 11.2 Å². The third kappa shape index (κ3) is 1.26. The van der Waals surface area contributed by atoms with Gasteiger partial charge < -0.3 is 5.11 Å². The fourth-order valence-corrected chi connectivity index (χ4v) is 2.57. The lowest BCUT2D eigenvalue weighted by Gasteiger charge is -2.03. The highest BCUT2D eigenvalue weighted by Gasteiger charge is 2.13. The summed E-state index contributed by atoms with van der Waals surface area (Å²) in [7, 11) is 0. The zero-order valence-electron chi connectivity index (χ0n) is 7.69. The van der Waals surface area contributed by atoms with Gasteiger partial charge in [0.15, 0.2) is 0 Å². The van der Waals surface area contributed by atoms with Crippen LogP contribution in [0, 0.1) is 0 Å². The zero-order valence-corrected chi connectivity index (χ0v) is 8.51. The molecule has 13 heavy (non-hydrogen) atoms. The molecule has 0 aliphatic carbocycles. The van der Waals surface area contributed by atoms with Gasteiger partial charge in [0.25, 0.3) is 0 Å². The Morgan fingerprint density at radius 3 is 3.00 bits per heavy atom. The third-order valence-electron chi connectivity index (χ3n) is 2.07. The van der Waals surface area contributed by atoms with Crippen molar-refractivity contribution in [3.8, 4) is 0 Å². The average molecular weight is 196 g/mol. The predicted octanol–water partition coefficient (Wildman–Crippen LogP) is 2.01. The van der Waals surface area contributed by atoms with Crippen LogP contribution in [0.25, 0.3) is 4.83 Å². The summed E-state index contributed by atoms with van der Waals surface area (Å²) in [6.45, 7) is 4.36. The molecule has 0 radical (unpaired) electrons. The van der Waals surface area contributed by atoms with Crippen molar-refractivity contribution in [3.05, 3.63) is 23.1 Å². The van der Waals surface area contributed by atoms with Crippen LogP contribution in [0.5, 0.6) is 0 Å². The Bertz CT molecular complexity index is 416.